The Balaban J connectivity index is 1.48. The second kappa shape index (κ2) is 6.22. The van der Waals surface area contributed by atoms with Crippen LogP contribution in [0.4, 0.5) is 0 Å². The molecule has 0 saturated carbocycles. The minimum Gasteiger partial charge on any atom is -0.339 e. The standard InChI is InChI=1S/C18H15N3OS/c1-2-12-21(11-1)15-7-5-14(6-8-15)18-19-17(22-20-18)10-9-16-4-3-13-23-16/h1-8,11-13H,9-10H2. The van der Waals surface area contributed by atoms with Crippen molar-refractivity contribution in [3.8, 4) is 17.1 Å². The lowest BCUT2D eigenvalue weighted by Crippen LogP contribution is -1.90. The number of rotatable bonds is 5. The highest BCUT2D eigenvalue weighted by Crippen LogP contribution is 2.19. The summed E-state index contributed by atoms with van der Waals surface area (Å²) >= 11 is 1.75. The molecule has 4 nitrogen and oxygen atoms in total. The smallest absolute Gasteiger partial charge is 0.227 e. The quantitative estimate of drug-likeness (QED) is 0.548. The SMILES string of the molecule is c1csc(CCc2nc(-c3ccc(-n4cccc4)cc3)no2)c1. The van der Waals surface area contributed by atoms with E-state index in [1.807, 2.05) is 36.7 Å². The van der Waals surface area contributed by atoms with Crippen LogP contribution in [0.5, 0.6) is 0 Å². The largest absolute Gasteiger partial charge is 0.339 e. The molecule has 3 aromatic heterocycles. The van der Waals surface area contributed by atoms with Gasteiger partial charge in [-0.25, -0.2) is 0 Å². The fourth-order valence-corrected chi connectivity index (χ4v) is 3.16. The van der Waals surface area contributed by atoms with Crippen LogP contribution in [0.1, 0.15) is 10.8 Å². The van der Waals surface area contributed by atoms with Crippen molar-refractivity contribution in [1.29, 1.82) is 0 Å². The molecule has 1 aromatic carbocycles. The predicted molar refractivity (Wildman–Crippen MR) is 90.8 cm³/mol. The summed E-state index contributed by atoms with van der Waals surface area (Å²) in [6.45, 7) is 0. The molecule has 0 amide bonds. The van der Waals surface area contributed by atoms with E-state index in [0.717, 1.165) is 24.1 Å². The summed E-state index contributed by atoms with van der Waals surface area (Å²) < 4.78 is 7.42. The number of hydrogen-bond donors (Lipinski definition) is 0. The van der Waals surface area contributed by atoms with Crippen molar-refractivity contribution >= 4 is 11.3 Å². The van der Waals surface area contributed by atoms with Crippen LogP contribution in [-0.2, 0) is 12.8 Å². The maximum absolute atomic E-state index is 5.36. The summed E-state index contributed by atoms with van der Waals surface area (Å²) in [5, 5.41) is 6.17. The molecule has 0 saturated heterocycles. The van der Waals surface area contributed by atoms with E-state index in [-0.39, 0.29) is 0 Å². The Kier molecular flexibility index (Phi) is 3.78. The third kappa shape index (κ3) is 3.10. The number of thiophene rings is 1. The monoisotopic (exact) mass is 321 g/mol. The number of aromatic nitrogens is 3. The minimum absolute atomic E-state index is 0.644. The molecule has 3 heterocycles. The van der Waals surface area contributed by atoms with Crippen molar-refractivity contribution in [2.24, 2.45) is 0 Å². The molecule has 23 heavy (non-hydrogen) atoms. The van der Waals surface area contributed by atoms with Crippen LogP contribution < -0.4 is 0 Å². The van der Waals surface area contributed by atoms with Crippen molar-refractivity contribution in [2.45, 2.75) is 12.8 Å². The van der Waals surface area contributed by atoms with Gasteiger partial charge >= 0.3 is 0 Å². The lowest BCUT2D eigenvalue weighted by molar-refractivity contribution is 0.379. The molecule has 0 N–H and O–H groups in total. The Morgan fingerprint density at radius 2 is 1.78 bits per heavy atom. The lowest BCUT2D eigenvalue weighted by Gasteiger charge is -2.02. The van der Waals surface area contributed by atoms with Crippen LogP contribution in [0, 0.1) is 0 Å². The van der Waals surface area contributed by atoms with E-state index < -0.39 is 0 Å². The van der Waals surface area contributed by atoms with Gasteiger partial charge < -0.3 is 9.09 Å². The fraction of sp³-hybridized carbons (Fsp3) is 0.111. The van der Waals surface area contributed by atoms with Gasteiger partial charge in [-0.2, -0.15) is 4.98 Å². The van der Waals surface area contributed by atoms with Crippen molar-refractivity contribution < 1.29 is 4.52 Å². The number of hydrogen-bond acceptors (Lipinski definition) is 4. The topological polar surface area (TPSA) is 43.9 Å². The van der Waals surface area contributed by atoms with Gasteiger partial charge in [0.25, 0.3) is 0 Å². The molecule has 0 radical (unpaired) electrons. The average molecular weight is 321 g/mol. The van der Waals surface area contributed by atoms with Gasteiger partial charge in [0, 0.05) is 34.9 Å². The van der Waals surface area contributed by atoms with Gasteiger partial charge in [0.2, 0.25) is 11.7 Å². The third-order valence-corrected chi connectivity index (χ3v) is 4.60. The molecular formula is C18H15N3OS. The predicted octanol–water partition coefficient (Wildman–Crippen LogP) is 4.37. The van der Waals surface area contributed by atoms with Crippen LogP contribution in [0.15, 0.2) is 70.8 Å². The van der Waals surface area contributed by atoms with Crippen molar-refractivity contribution in [2.75, 3.05) is 0 Å². The van der Waals surface area contributed by atoms with Crippen LogP contribution in [0.2, 0.25) is 0 Å². The zero-order valence-corrected chi connectivity index (χ0v) is 13.2. The van der Waals surface area contributed by atoms with Crippen molar-refractivity contribution in [3.05, 3.63) is 77.1 Å². The first kappa shape index (κ1) is 14.0. The fourth-order valence-electron chi connectivity index (χ4n) is 2.45. The number of nitrogens with zero attached hydrogens (tertiary/aromatic N) is 3. The molecule has 0 aliphatic carbocycles. The highest BCUT2D eigenvalue weighted by molar-refractivity contribution is 7.09. The molecule has 5 heteroatoms. The first-order valence-corrected chi connectivity index (χ1v) is 8.35. The van der Waals surface area contributed by atoms with E-state index in [9.17, 15) is 0 Å². The molecule has 0 fully saturated rings. The van der Waals surface area contributed by atoms with Crippen LogP contribution in [-0.4, -0.2) is 14.7 Å². The Bertz CT molecular complexity index is 862. The molecule has 0 spiro atoms. The summed E-state index contributed by atoms with van der Waals surface area (Å²) in [6.07, 6.45) is 5.75. The summed E-state index contributed by atoms with van der Waals surface area (Å²) in [7, 11) is 0. The van der Waals surface area contributed by atoms with E-state index in [2.05, 4.69) is 44.4 Å². The third-order valence-electron chi connectivity index (χ3n) is 3.66. The molecular weight excluding hydrogens is 306 g/mol. The first-order chi connectivity index (χ1) is 11.4. The Hall–Kier alpha value is -2.66. The van der Waals surface area contributed by atoms with E-state index >= 15 is 0 Å². The second-order valence-corrected chi connectivity index (χ2v) is 6.26. The van der Waals surface area contributed by atoms with Gasteiger partial charge in [-0.15, -0.1) is 11.3 Å². The first-order valence-electron chi connectivity index (χ1n) is 7.47. The van der Waals surface area contributed by atoms with Crippen LogP contribution in [0.3, 0.4) is 0 Å². The van der Waals surface area contributed by atoms with Gasteiger partial charge in [-0.1, -0.05) is 11.2 Å². The summed E-state index contributed by atoms with van der Waals surface area (Å²) in [5.41, 5.74) is 2.08. The number of aryl methyl sites for hydroxylation is 2. The zero-order chi connectivity index (χ0) is 15.5. The minimum atomic E-state index is 0.644. The molecule has 114 valence electrons. The highest BCUT2D eigenvalue weighted by Gasteiger charge is 2.09. The number of benzene rings is 1. The van der Waals surface area contributed by atoms with E-state index in [1.165, 1.54) is 4.88 Å². The van der Waals surface area contributed by atoms with E-state index in [0.29, 0.717) is 11.7 Å². The maximum Gasteiger partial charge on any atom is 0.227 e. The zero-order valence-electron chi connectivity index (χ0n) is 12.4. The molecule has 0 bridgehead atoms. The molecule has 0 unspecified atom stereocenters. The highest BCUT2D eigenvalue weighted by atomic mass is 32.1. The molecule has 4 rings (SSSR count). The maximum atomic E-state index is 5.36. The summed E-state index contributed by atoms with van der Waals surface area (Å²) in [4.78, 5) is 5.83. The van der Waals surface area contributed by atoms with Crippen LogP contribution >= 0.6 is 11.3 Å². The normalized spacial score (nSPS) is 11.0. The lowest BCUT2D eigenvalue weighted by atomic mass is 10.2. The van der Waals surface area contributed by atoms with Gasteiger partial charge in [-0.05, 0) is 54.3 Å². The Labute approximate surface area is 138 Å². The van der Waals surface area contributed by atoms with Crippen molar-refractivity contribution in [1.82, 2.24) is 14.7 Å². The Morgan fingerprint density at radius 1 is 0.957 bits per heavy atom. The van der Waals surface area contributed by atoms with Gasteiger partial charge in [0.15, 0.2) is 0 Å². The van der Waals surface area contributed by atoms with E-state index in [1.54, 1.807) is 11.3 Å². The second-order valence-electron chi connectivity index (χ2n) is 5.23. The molecule has 0 aliphatic heterocycles. The molecule has 0 atom stereocenters. The van der Waals surface area contributed by atoms with Gasteiger partial charge in [0.1, 0.15) is 0 Å². The van der Waals surface area contributed by atoms with Gasteiger partial charge in [-0.3, -0.25) is 0 Å². The van der Waals surface area contributed by atoms with Gasteiger partial charge in [0.05, 0.1) is 0 Å². The summed E-state index contributed by atoms with van der Waals surface area (Å²) in [5.74, 6) is 1.33. The average Bonchev–Trinajstić information content (AvgIpc) is 3.35. The Morgan fingerprint density at radius 3 is 2.52 bits per heavy atom. The molecule has 0 aliphatic rings. The van der Waals surface area contributed by atoms with E-state index in [4.69, 9.17) is 4.52 Å². The van der Waals surface area contributed by atoms with Crippen molar-refractivity contribution in [3.63, 3.8) is 0 Å². The van der Waals surface area contributed by atoms with Crippen LogP contribution in [0.25, 0.3) is 17.1 Å². The molecule has 4 aromatic rings. The summed E-state index contributed by atoms with van der Waals surface area (Å²) in [6, 6.07) is 16.3.